The lowest BCUT2D eigenvalue weighted by atomic mass is 10.1. The van der Waals surface area contributed by atoms with Crippen molar-refractivity contribution >= 4 is 5.97 Å². The zero-order chi connectivity index (χ0) is 13.8. The van der Waals surface area contributed by atoms with Gasteiger partial charge >= 0.3 is 5.97 Å². The molecule has 0 aromatic heterocycles. The highest BCUT2D eigenvalue weighted by atomic mass is 16.7. The number of aromatic carboxylic acids is 1. The number of methoxy groups -OCH3 is 2. The zero-order valence-electron chi connectivity index (χ0n) is 10.8. The van der Waals surface area contributed by atoms with Crippen molar-refractivity contribution in [3.05, 3.63) is 23.3 Å². The molecule has 1 aromatic rings. The normalized spacial score (nSPS) is 16.1. The second-order valence-corrected chi connectivity index (χ2v) is 4.03. The Bertz CT molecular complexity index is 439. The lowest BCUT2D eigenvalue weighted by Gasteiger charge is -2.24. The molecule has 1 fully saturated rings. The Morgan fingerprint density at radius 2 is 1.74 bits per heavy atom. The van der Waals surface area contributed by atoms with E-state index >= 15 is 0 Å². The monoisotopic (exact) mass is 268 g/mol. The van der Waals surface area contributed by atoms with Crippen molar-refractivity contribution in [2.45, 2.75) is 12.7 Å². The van der Waals surface area contributed by atoms with Crippen molar-refractivity contribution in [1.29, 1.82) is 0 Å². The number of hydrogen-bond acceptors (Lipinski definition) is 5. The van der Waals surface area contributed by atoms with Crippen LogP contribution in [0.15, 0.2) is 12.1 Å². The summed E-state index contributed by atoms with van der Waals surface area (Å²) in [6.45, 7) is 1.21. The van der Waals surface area contributed by atoms with Gasteiger partial charge in [0.15, 0.2) is 6.29 Å². The third kappa shape index (κ3) is 2.80. The second kappa shape index (κ2) is 5.90. The van der Waals surface area contributed by atoms with Crippen LogP contribution in [0.1, 0.15) is 28.6 Å². The third-order valence-corrected chi connectivity index (χ3v) is 2.84. The summed E-state index contributed by atoms with van der Waals surface area (Å²) >= 11 is 0. The first-order chi connectivity index (χ1) is 9.17. The van der Waals surface area contributed by atoms with Gasteiger partial charge in [0.2, 0.25) is 0 Å². The van der Waals surface area contributed by atoms with E-state index in [2.05, 4.69) is 0 Å². The molecule has 0 saturated carbocycles. The molecule has 6 nitrogen and oxygen atoms in total. The highest BCUT2D eigenvalue weighted by Gasteiger charge is 2.24. The van der Waals surface area contributed by atoms with Crippen LogP contribution >= 0.6 is 0 Å². The minimum atomic E-state index is -1.11. The molecular formula is C13H16O6. The molecule has 19 heavy (non-hydrogen) atoms. The molecule has 0 bridgehead atoms. The van der Waals surface area contributed by atoms with Gasteiger partial charge in [-0.1, -0.05) is 0 Å². The van der Waals surface area contributed by atoms with Crippen LogP contribution in [0, 0.1) is 0 Å². The Labute approximate surface area is 110 Å². The molecule has 1 aliphatic heterocycles. The van der Waals surface area contributed by atoms with Crippen LogP contribution < -0.4 is 9.47 Å². The Morgan fingerprint density at radius 3 is 2.16 bits per heavy atom. The maximum atomic E-state index is 11.2. The van der Waals surface area contributed by atoms with Crippen molar-refractivity contribution in [2.24, 2.45) is 0 Å². The molecule has 1 aliphatic rings. The van der Waals surface area contributed by atoms with Gasteiger partial charge in [-0.05, 0) is 18.6 Å². The van der Waals surface area contributed by atoms with E-state index in [9.17, 15) is 9.90 Å². The predicted octanol–water partition coefficient (Wildman–Crippen LogP) is 1.84. The van der Waals surface area contributed by atoms with Crippen molar-refractivity contribution in [2.75, 3.05) is 27.4 Å². The first-order valence-corrected chi connectivity index (χ1v) is 5.89. The predicted molar refractivity (Wildman–Crippen MR) is 65.8 cm³/mol. The van der Waals surface area contributed by atoms with Crippen LogP contribution in [0.2, 0.25) is 0 Å². The molecule has 0 spiro atoms. The van der Waals surface area contributed by atoms with E-state index in [0.717, 1.165) is 6.42 Å². The van der Waals surface area contributed by atoms with Crippen LogP contribution in [-0.2, 0) is 9.47 Å². The van der Waals surface area contributed by atoms with Crippen LogP contribution in [0.25, 0.3) is 0 Å². The lowest BCUT2D eigenvalue weighted by molar-refractivity contribution is -0.183. The summed E-state index contributed by atoms with van der Waals surface area (Å²) in [5.41, 5.74) is 0.669. The first-order valence-electron chi connectivity index (χ1n) is 5.89. The highest BCUT2D eigenvalue weighted by Crippen LogP contribution is 2.35. The molecule has 0 radical (unpaired) electrons. The van der Waals surface area contributed by atoms with E-state index in [-0.39, 0.29) is 17.1 Å². The summed E-state index contributed by atoms with van der Waals surface area (Å²) in [4.78, 5) is 11.2. The third-order valence-electron chi connectivity index (χ3n) is 2.84. The van der Waals surface area contributed by atoms with Crippen LogP contribution in [0.5, 0.6) is 11.5 Å². The quantitative estimate of drug-likeness (QED) is 0.898. The number of carbonyl (C=O) groups is 1. The number of ether oxygens (including phenoxy) is 4. The molecule has 0 unspecified atom stereocenters. The van der Waals surface area contributed by atoms with Crippen LogP contribution in [0.3, 0.4) is 0 Å². The molecule has 2 rings (SSSR count). The Kier molecular flexibility index (Phi) is 4.24. The van der Waals surface area contributed by atoms with Gasteiger partial charge in [0.05, 0.1) is 27.4 Å². The van der Waals surface area contributed by atoms with E-state index in [1.54, 1.807) is 12.1 Å². The summed E-state index contributed by atoms with van der Waals surface area (Å²) in [6, 6.07) is 3.20. The van der Waals surface area contributed by atoms with Gasteiger partial charge in [-0.3, -0.25) is 0 Å². The lowest BCUT2D eigenvalue weighted by Crippen LogP contribution is -2.18. The van der Waals surface area contributed by atoms with Gasteiger partial charge < -0.3 is 24.1 Å². The van der Waals surface area contributed by atoms with E-state index in [0.29, 0.717) is 18.8 Å². The maximum Gasteiger partial charge on any atom is 0.343 e. The molecule has 1 aromatic carbocycles. The number of rotatable bonds is 4. The van der Waals surface area contributed by atoms with Crippen LogP contribution in [-0.4, -0.2) is 38.5 Å². The van der Waals surface area contributed by atoms with E-state index in [4.69, 9.17) is 18.9 Å². The first kappa shape index (κ1) is 13.6. The molecule has 1 saturated heterocycles. The number of carboxylic acids is 1. The summed E-state index contributed by atoms with van der Waals surface area (Å²) in [7, 11) is 2.82. The zero-order valence-corrected chi connectivity index (χ0v) is 10.8. The van der Waals surface area contributed by atoms with E-state index < -0.39 is 12.3 Å². The van der Waals surface area contributed by atoms with Crippen LogP contribution in [0.4, 0.5) is 0 Å². The summed E-state index contributed by atoms with van der Waals surface area (Å²) in [5.74, 6) is -0.662. The van der Waals surface area contributed by atoms with E-state index in [1.165, 1.54) is 14.2 Å². The molecule has 104 valence electrons. The minimum Gasteiger partial charge on any atom is -0.496 e. The molecular weight excluding hydrogens is 252 g/mol. The van der Waals surface area contributed by atoms with Crippen molar-refractivity contribution in [1.82, 2.24) is 0 Å². The molecule has 0 atom stereocenters. The van der Waals surface area contributed by atoms with Gasteiger partial charge in [-0.15, -0.1) is 0 Å². The maximum absolute atomic E-state index is 11.2. The standard InChI is InChI=1S/C13H16O6/c1-16-9-6-8(13-18-4-3-5-19-13)7-10(17-2)11(9)12(14)15/h6-7,13H,3-5H2,1-2H3,(H,14,15). The summed E-state index contributed by atoms with van der Waals surface area (Å²) in [6.07, 6.45) is 0.331. The highest BCUT2D eigenvalue weighted by molar-refractivity contribution is 5.94. The number of carboxylic acid groups (broad SMARTS) is 1. The summed E-state index contributed by atoms with van der Waals surface area (Å²) < 4.78 is 21.2. The van der Waals surface area contributed by atoms with Crippen molar-refractivity contribution in [3.8, 4) is 11.5 Å². The number of hydrogen-bond donors (Lipinski definition) is 1. The fraction of sp³-hybridized carbons (Fsp3) is 0.462. The minimum absolute atomic E-state index is 0.00967. The SMILES string of the molecule is COc1cc(C2OCCCO2)cc(OC)c1C(=O)O. The Morgan fingerprint density at radius 1 is 1.21 bits per heavy atom. The molecule has 6 heteroatoms. The largest absolute Gasteiger partial charge is 0.496 e. The van der Waals surface area contributed by atoms with Gasteiger partial charge in [-0.25, -0.2) is 4.79 Å². The molecule has 0 aliphatic carbocycles. The van der Waals surface area contributed by atoms with Gasteiger partial charge in [0.25, 0.3) is 0 Å². The van der Waals surface area contributed by atoms with Crippen molar-refractivity contribution < 1.29 is 28.8 Å². The van der Waals surface area contributed by atoms with Gasteiger partial charge in [0.1, 0.15) is 17.1 Å². The molecule has 1 N–H and O–H groups in total. The second-order valence-electron chi connectivity index (χ2n) is 4.03. The number of benzene rings is 1. The Hall–Kier alpha value is -1.79. The van der Waals surface area contributed by atoms with Gasteiger partial charge in [-0.2, -0.15) is 0 Å². The Balaban J connectivity index is 2.43. The van der Waals surface area contributed by atoms with Gasteiger partial charge in [0, 0.05) is 5.56 Å². The molecule has 0 amide bonds. The van der Waals surface area contributed by atoms with Crippen molar-refractivity contribution in [3.63, 3.8) is 0 Å². The topological polar surface area (TPSA) is 74.2 Å². The fourth-order valence-corrected chi connectivity index (χ4v) is 1.96. The fourth-order valence-electron chi connectivity index (χ4n) is 1.96. The molecule has 1 heterocycles. The van der Waals surface area contributed by atoms with E-state index in [1.807, 2.05) is 0 Å². The summed E-state index contributed by atoms with van der Waals surface area (Å²) in [5, 5.41) is 9.19. The smallest absolute Gasteiger partial charge is 0.343 e. The average Bonchev–Trinajstić information content (AvgIpc) is 2.46. The average molecular weight is 268 g/mol.